The summed E-state index contributed by atoms with van der Waals surface area (Å²) in [5.74, 6) is -3.24. The van der Waals surface area contributed by atoms with Gasteiger partial charge in [-0.25, -0.2) is 0 Å². The molecule has 4 atom stereocenters. The van der Waals surface area contributed by atoms with Gasteiger partial charge in [0.05, 0.1) is 0 Å². The Labute approximate surface area is 197 Å². The van der Waals surface area contributed by atoms with Gasteiger partial charge in [0.2, 0.25) is 32.8 Å². The summed E-state index contributed by atoms with van der Waals surface area (Å²) in [6.45, 7) is 0. The molecule has 4 unspecified atom stereocenters. The summed E-state index contributed by atoms with van der Waals surface area (Å²) in [5.41, 5.74) is 1.15. The molecule has 4 nitrogen and oxygen atoms in total. The van der Waals surface area contributed by atoms with Gasteiger partial charge in [0.25, 0.3) is 0 Å². The molecule has 148 valence electrons. The Kier molecular flexibility index (Phi) is 4.68. The molecule has 0 aromatic heterocycles. The fourth-order valence-electron chi connectivity index (χ4n) is 3.62. The van der Waals surface area contributed by atoms with Gasteiger partial charge < -0.3 is 18.9 Å². The Hall–Kier alpha value is 0.400. The van der Waals surface area contributed by atoms with Crippen LogP contribution < -0.4 is 0 Å². The Morgan fingerprint density at radius 1 is 0.643 bits per heavy atom. The molecule has 4 aliphatic rings. The van der Waals surface area contributed by atoms with Crippen molar-refractivity contribution in [1.82, 2.24) is 0 Å². The maximum atomic E-state index is 6.68. The van der Waals surface area contributed by atoms with Gasteiger partial charge >= 0.3 is 0 Å². The number of ether oxygens (including phenoxy) is 4. The van der Waals surface area contributed by atoms with Crippen LogP contribution in [0.25, 0.3) is 0 Å². The molecule has 28 heavy (non-hydrogen) atoms. The Morgan fingerprint density at radius 3 is 1.36 bits per heavy atom. The molecule has 0 radical (unpaired) electrons. The predicted octanol–water partition coefficient (Wildman–Crippen LogP) is 6.32. The van der Waals surface area contributed by atoms with Crippen molar-refractivity contribution in [3.8, 4) is 0 Å². The molecule has 0 spiro atoms. The van der Waals surface area contributed by atoms with Crippen LogP contribution in [0.1, 0.15) is 11.1 Å². The number of alkyl halides is 4. The molecule has 4 aliphatic heterocycles. The molecule has 4 saturated heterocycles. The van der Waals surface area contributed by atoms with Gasteiger partial charge in [0.1, 0.15) is 0 Å². The van der Waals surface area contributed by atoms with E-state index in [0.29, 0.717) is 11.1 Å². The Balaban J connectivity index is 1.73. The SMILES string of the molecule is ClC1(Cl)C2OC3OC1(c1ccc(Br)cc1)OC(c1ccc(Br)cc1)(O2)C3(Cl)Cl. The summed E-state index contributed by atoms with van der Waals surface area (Å²) in [6, 6.07) is 14.5. The van der Waals surface area contributed by atoms with Crippen LogP contribution in [-0.4, -0.2) is 21.2 Å². The molecule has 0 amide bonds. The summed E-state index contributed by atoms with van der Waals surface area (Å²) < 4.78 is 22.5. The highest BCUT2D eigenvalue weighted by Gasteiger charge is 2.82. The third-order valence-corrected chi connectivity index (χ3v) is 7.76. The van der Waals surface area contributed by atoms with Crippen molar-refractivity contribution >= 4 is 78.3 Å². The first kappa shape index (κ1) is 20.3. The zero-order valence-corrected chi connectivity index (χ0v) is 19.9. The van der Waals surface area contributed by atoms with E-state index in [-0.39, 0.29) is 0 Å². The van der Waals surface area contributed by atoms with E-state index < -0.39 is 32.8 Å². The van der Waals surface area contributed by atoms with E-state index in [2.05, 4.69) is 31.9 Å². The van der Waals surface area contributed by atoms with Crippen LogP contribution in [0.2, 0.25) is 0 Å². The maximum Gasteiger partial charge on any atom is 0.239 e. The molecule has 10 heteroatoms. The number of hydrogen-bond donors (Lipinski definition) is 0. The van der Waals surface area contributed by atoms with Crippen LogP contribution in [0.5, 0.6) is 0 Å². The van der Waals surface area contributed by atoms with Gasteiger partial charge in [0, 0.05) is 20.1 Å². The highest BCUT2D eigenvalue weighted by atomic mass is 79.9. The van der Waals surface area contributed by atoms with E-state index in [4.69, 9.17) is 65.4 Å². The summed E-state index contributed by atoms with van der Waals surface area (Å²) in [7, 11) is 0. The Bertz CT molecular complexity index is 864. The minimum absolute atomic E-state index is 0.577. The molecule has 0 saturated carbocycles. The van der Waals surface area contributed by atoms with Gasteiger partial charge in [-0.2, -0.15) is 0 Å². The lowest BCUT2D eigenvalue weighted by Crippen LogP contribution is -2.81. The minimum atomic E-state index is -1.72. The molecule has 4 heterocycles. The minimum Gasteiger partial charge on any atom is -0.317 e. The lowest BCUT2D eigenvalue weighted by atomic mass is 9.90. The summed E-state index contributed by atoms with van der Waals surface area (Å²) in [4.78, 5) is 0. The zero-order valence-electron chi connectivity index (χ0n) is 13.7. The molecular weight excluding hydrogens is 582 g/mol. The van der Waals surface area contributed by atoms with E-state index in [1.54, 1.807) is 24.3 Å². The van der Waals surface area contributed by atoms with Crippen LogP contribution in [0.4, 0.5) is 0 Å². The lowest BCUT2D eigenvalue weighted by Gasteiger charge is -2.67. The first-order chi connectivity index (χ1) is 13.1. The monoisotopic (exact) mass is 588 g/mol. The summed E-state index contributed by atoms with van der Waals surface area (Å²) >= 11 is 33.6. The molecular formula is C18H10Br2Cl4O4. The van der Waals surface area contributed by atoms with Gasteiger partial charge in [-0.15, -0.1) is 0 Å². The average molecular weight is 592 g/mol. The van der Waals surface area contributed by atoms with Crippen LogP contribution >= 0.6 is 78.3 Å². The number of hydrogen-bond acceptors (Lipinski definition) is 4. The normalized spacial score (nSPS) is 37.2. The van der Waals surface area contributed by atoms with Gasteiger partial charge in [-0.1, -0.05) is 103 Å². The molecule has 4 bridgehead atoms. The summed E-state index contributed by atoms with van der Waals surface area (Å²) in [6.07, 6.45) is -2.19. The zero-order chi connectivity index (χ0) is 19.9. The van der Waals surface area contributed by atoms with Crippen molar-refractivity contribution in [3.63, 3.8) is 0 Å². The van der Waals surface area contributed by atoms with Crippen LogP contribution in [0.3, 0.4) is 0 Å². The number of benzene rings is 2. The maximum absolute atomic E-state index is 6.68. The number of halogens is 6. The van der Waals surface area contributed by atoms with E-state index >= 15 is 0 Å². The standard InChI is InChI=1S/C18H10Br2Cl4O4/c19-11-5-1-9(2-6-11)17-15(21,22)13-25-14(26-17)16(23,24)18(27-13,28-17)10-3-7-12(20)8-4-10/h1-8,13-14H. The van der Waals surface area contributed by atoms with Gasteiger partial charge in [-0.05, 0) is 24.3 Å². The van der Waals surface area contributed by atoms with E-state index in [1.165, 1.54) is 0 Å². The average Bonchev–Trinajstić information content (AvgIpc) is 2.62. The molecule has 0 N–H and O–H groups in total. The van der Waals surface area contributed by atoms with Crippen LogP contribution in [0.15, 0.2) is 57.5 Å². The molecule has 2 aromatic rings. The second-order valence-corrected chi connectivity index (χ2v) is 11.2. The highest BCUT2D eigenvalue weighted by Crippen LogP contribution is 2.70. The second kappa shape index (κ2) is 6.45. The summed E-state index contributed by atoms with van der Waals surface area (Å²) in [5, 5.41) is 0. The Morgan fingerprint density at radius 2 is 1.00 bits per heavy atom. The molecule has 4 fully saturated rings. The van der Waals surface area contributed by atoms with Gasteiger partial charge in [0.15, 0.2) is 0 Å². The van der Waals surface area contributed by atoms with Crippen molar-refractivity contribution in [3.05, 3.63) is 68.6 Å². The second-order valence-electron chi connectivity index (χ2n) is 6.63. The smallest absolute Gasteiger partial charge is 0.239 e. The van der Waals surface area contributed by atoms with Crippen molar-refractivity contribution in [2.24, 2.45) is 0 Å². The van der Waals surface area contributed by atoms with E-state index in [1.807, 2.05) is 24.3 Å². The quantitative estimate of drug-likeness (QED) is 0.383. The molecule has 0 aliphatic carbocycles. The van der Waals surface area contributed by atoms with Crippen LogP contribution in [0, 0.1) is 0 Å². The fourth-order valence-corrected chi connectivity index (χ4v) is 5.30. The number of rotatable bonds is 2. The fraction of sp³-hybridized carbons (Fsp3) is 0.333. The molecule has 6 rings (SSSR count). The van der Waals surface area contributed by atoms with Crippen molar-refractivity contribution in [2.75, 3.05) is 0 Å². The molecule has 2 aromatic carbocycles. The third-order valence-electron chi connectivity index (χ3n) is 5.00. The topological polar surface area (TPSA) is 36.9 Å². The largest absolute Gasteiger partial charge is 0.317 e. The van der Waals surface area contributed by atoms with Gasteiger partial charge in [-0.3, -0.25) is 0 Å². The predicted molar refractivity (Wildman–Crippen MR) is 112 cm³/mol. The van der Waals surface area contributed by atoms with E-state index in [9.17, 15) is 0 Å². The lowest BCUT2D eigenvalue weighted by molar-refractivity contribution is -0.576. The van der Waals surface area contributed by atoms with E-state index in [0.717, 1.165) is 8.95 Å². The van der Waals surface area contributed by atoms with Crippen LogP contribution in [-0.2, 0) is 30.5 Å². The van der Waals surface area contributed by atoms with Crippen molar-refractivity contribution in [2.45, 2.75) is 32.8 Å². The highest BCUT2D eigenvalue weighted by molar-refractivity contribution is 9.10. The first-order valence-corrected chi connectivity index (χ1v) is 11.2. The third kappa shape index (κ3) is 2.51. The van der Waals surface area contributed by atoms with Crippen molar-refractivity contribution < 1.29 is 18.9 Å². The first-order valence-electron chi connectivity index (χ1n) is 8.11. The van der Waals surface area contributed by atoms with Crippen molar-refractivity contribution in [1.29, 1.82) is 0 Å².